The Bertz CT molecular complexity index is 466. The smallest absolute Gasteiger partial charge is 0.250 e. The summed E-state index contributed by atoms with van der Waals surface area (Å²) in [5, 5.41) is 8.82. The van der Waals surface area contributed by atoms with Crippen molar-refractivity contribution in [1.29, 1.82) is 5.26 Å². The summed E-state index contributed by atoms with van der Waals surface area (Å²) in [6.45, 7) is 0. The quantitative estimate of drug-likeness (QED) is 0.817. The van der Waals surface area contributed by atoms with Crippen LogP contribution < -0.4 is 10.5 Å². The lowest BCUT2D eigenvalue weighted by Gasteiger charge is -2.10. The van der Waals surface area contributed by atoms with Gasteiger partial charge in [-0.25, -0.2) is 0 Å². The van der Waals surface area contributed by atoms with E-state index in [0.29, 0.717) is 30.0 Å². The van der Waals surface area contributed by atoms with Crippen LogP contribution in [0.3, 0.4) is 0 Å². The van der Waals surface area contributed by atoms with Gasteiger partial charge in [0.25, 0.3) is 0 Å². The molecule has 1 aromatic rings. The van der Waals surface area contributed by atoms with E-state index < -0.39 is 5.91 Å². The van der Waals surface area contributed by atoms with E-state index in [1.54, 1.807) is 6.07 Å². The second-order valence-corrected chi connectivity index (χ2v) is 3.90. The lowest BCUT2D eigenvalue weighted by atomic mass is 10.0. The van der Waals surface area contributed by atoms with E-state index in [2.05, 4.69) is 6.07 Å². The van der Waals surface area contributed by atoms with Crippen LogP contribution in [0.25, 0.3) is 0 Å². The Morgan fingerprint density at radius 1 is 1.59 bits per heavy atom. The average molecular weight is 253 g/mol. The molecule has 0 aliphatic carbocycles. The monoisotopic (exact) mass is 252 g/mol. The molecular weight excluding hydrogens is 240 g/mol. The molecule has 0 heterocycles. The summed E-state index contributed by atoms with van der Waals surface area (Å²) in [5.74, 6) is -0.0504. The Morgan fingerprint density at radius 2 is 2.29 bits per heavy atom. The minimum atomic E-state index is -0.588. The summed E-state index contributed by atoms with van der Waals surface area (Å²) in [4.78, 5) is 11.2. The maximum Gasteiger partial charge on any atom is 0.250 e. The first-order chi connectivity index (χ1) is 8.10. The van der Waals surface area contributed by atoms with Crippen LogP contribution >= 0.6 is 11.6 Å². The van der Waals surface area contributed by atoms with Crippen molar-refractivity contribution >= 4 is 17.5 Å². The second kappa shape index (κ2) is 6.12. The SMILES string of the molecule is COc1cc(CCCC#N)c(Cl)c(C(N)=O)c1. The number of amides is 1. The minimum Gasteiger partial charge on any atom is -0.497 e. The fourth-order valence-corrected chi connectivity index (χ4v) is 1.79. The molecule has 1 amide bonds. The molecule has 4 nitrogen and oxygen atoms in total. The third kappa shape index (κ3) is 3.36. The number of hydrogen-bond acceptors (Lipinski definition) is 3. The van der Waals surface area contributed by atoms with Crippen molar-refractivity contribution in [3.63, 3.8) is 0 Å². The Hall–Kier alpha value is -1.73. The molecule has 0 atom stereocenters. The molecule has 0 spiro atoms. The van der Waals surface area contributed by atoms with Crippen molar-refractivity contribution in [1.82, 2.24) is 0 Å². The highest BCUT2D eigenvalue weighted by Gasteiger charge is 2.13. The topological polar surface area (TPSA) is 76.1 Å². The zero-order valence-electron chi connectivity index (χ0n) is 9.50. The van der Waals surface area contributed by atoms with Crippen LogP contribution in [0.1, 0.15) is 28.8 Å². The number of carbonyl (C=O) groups excluding carboxylic acids is 1. The van der Waals surface area contributed by atoms with Gasteiger partial charge in [0.2, 0.25) is 5.91 Å². The zero-order valence-corrected chi connectivity index (χ0v) is 10.3. The van der Waals surface area contributed by atoms with E-state index in [1.807, 2.05) is 0 Å². The number of nitrogens with two attached hydrogens (primary N) is 1. The molecule has 0 saturated heterocycles. The van der Waals surface area contributed by atoms with Crippen LogP contribution in [0.15, 0.2) is 12.1 Å². The number of nitrogens with zero attached hydrogens (tertiary/aromatic N) is 1. The van der Waals surface area contributed by atoms with Crippen molar-refractivity contribution in [2.45, 2.75) is 19.3 Å². The number of halogens is 1. The van der Waals surface area contributed by atoms with Crippen LogP contribution in [0, 0.1) is 11.3 Å². The molecule has 5 heteroatoms. The van der Waals surface area contributed by atoms with Crippen molar-refractivity contribution in [2.24, 2.45) is 5.73 Å². The molecule has 1 rings (SSSR count). The van der Waals surface area contributed by atoms with E-state index in [4.69, 9.17) is 27.3 Å². The summed E-state index contributed by atoms with van der Waals surface area (Å²) >= 11 is 6.07. The Morgan fingerprint density at radius 3 is 2.82 bits per heavy atom. The molecule has 0 aliphatic rings. The first kappa shape index (κ1) is 13.3. The van der Waals surface area contributed by atoms with Gasteiger partial charge in [-0.15, -0.1) is 0 Å². The highest BCUT2D eigenvalue weighted by atomic mass is 35.5. The normalized spacial score (nSPS) is 9.71. The number of benzene rings is 1. The van der Waals surface area contributed by atoms with Crippen LogP contribution in [0.4, 0.5) is 0 Å². The van der Waals surface area contributed by atoms with Crippen molar-refractivity contribution in [2.75, 3.05) is 7.11 Å². The molecule has 0 bridgehead atoms. The standard InChI is InChI=1S/C12H13ClN2O2/c1-17-9-6-8(4-2-3-5-14)11(13)10(7-9)12(15)16/h6-7H,2-4H2,1H3,(H2,15,16). The van der Waals surface area contributed by atoms with Gasteiger partial charge in [0.05, 0.1) is 23.8 Å². The van der Waals surface area contributed by atoms with Crippen LogP contribution in [0.2, 0.25) is 5.02 Å². The molecule has 0 aromatic heterocycles. The lowest BCUT2D eigenvalue weighted by molar-refractivity contribution is 0.1000. The van der Waals surface area contributed by atoms with Gasteiger partial charge in [0, 0.05) is 6.42 Å². The fraction of sp³-hybridized carbons (Fsp3) is 0.333. The number of nitriles is 1. The molecule has 2 N–H and O–H groups in total. The van der Waals surface area contributed by atoms with Crippen LogP contribution in [-0.4, -0.2) is 13.0 Å². The number of carbonyl (C=O) groups is 1. The van der Waals surface area contributed by atoms with Gasteiger partial charge in [-0.1, -0.05) is 11.6 Å². The van der Waals surface area contributed by atoms with E-state index in [1.165, 1.54) is 13.2 Å². The fourth-order valence-electron chi connectivity index (χ4n) is 1.49. The number of hydrogen-bond donors (Lipinski definition) is 1. The second-order valence-electron chi connectivity index (χ2n) is 3.52. The Kier molecular flexibility index (Phi) is 4.80. The zero-order chi connectivity index (χ0) is 12.8. The van der Waals surface area contributed by atoms with Gasteiger partial charge in [-0.3, -0.25) is 4.79 Å². The number of ether oxygens (including phenoxy) is 1. The third-order valence-electron chi connectivity index (χ3n) is 2.36. The molecule has 0 aliphatic heterocycles. The van der Waals surface area contributed by atoms with Gasteiger partial charge in [0.15, 0.2) is 0 Å². The molecule has 1 aromatic carbocycles. The third-order valence-corrected chi connectivity index (χ3v) is 2.80. The molecule has 0 fully saturated rings. The largest absolute Gasteiger partial charge is 0.497 e. The summed E-state index contributed by atoms with van der Waals surface area (Å²) in [6, 6.07) is 5.33. The molecule has 0 radical (unpaired) electrons. The lowest BCUT2D eigenvalue weighted by Crippen LogP contribution is -2.12. The molecule has 0 unspecified atom stereocenters. The number of unbranched alkanes of at least 4 members (excludes halogenated alkanes) is 1. The number of methoxy groups -OCH3 is 1. The van der Waals surface area contributed by atoms with Gasteiger partial charge < -0.3 is 10.5 Å². The molecule has 0 saturated carbocycles. The molecule has 17 heavy (non-hydrogen) atoms. The maximum atomic E-state index is 11.2. The van der Waals surface area contributed by atoms with E-state index in [9.17, 15) is 4.79 Å². The van der Waals surface area contributed by atoms with Gasteiger partial charge in [-0.2, -0.15) is 5.26 Å². The summed E-state index contributed by atoms with van der Waals surface area (Å²) in [7, 11) is 1.51. The number of primary amides is 1. The Labute approximate surface area is 105 Å². The minimum absolute atomic E-state index is 0.248. The summed E-state index contributed by atoms with van der Waals surface area (Å²) in [5.41, 5.74) is 6.25. The van der Waals surface area contributed by atoms with Gasteiger partial charge in [-0.05, 0) is 30.5 Å². The van der Waals surface area contributed by atoms with Crippen LogP contribution in [-0.2, 0) is 6.42 Å². The molecule has 90 valence electrons. The van der Waals surface area contributed by atoms with E-state index >= 15 is 0 Å². The average Bonchev–Trinajstić information content (AvgIpc) is 2.31. The first-order valence-electron chi connectivity index (χ1n) is 5.13. The predicted octanol–water partition coefficient (Wildman–Crippen LogP) is 2.29. The number of rotatable bonds is 5. The highest BCUT2D eigenvalue weighted by molar-refractivity contribution is 6.34. The maximum absolute atomic E-state index is 11.2. The number of aryl methyl sites for hydroxylation is 1. The Balaban J connectivity index is 3.06. The van der Waals surface area contributed by atoms with Crippen LogP contribution in [0.5, 0.6) is 5.75 Å². The van der Waals surface area contributed by atoms with E-state index in [0.717, 1.165) is 5.56 Å². The van der Waals surface area contributed by atoms with Crippen molar-refractivity contribution < 1.29 is 9.53 Å². The van der Waals surface area contributed by atoms with Gasteiger partial charge >= 0.3 is 0 Å². The van der Waals surface area contributed by atoms with Crippen molar-refractivity contribution in [3.8, 4) is 11.8 Å². The highest BCUT2D eigenvalue weighted by Crippen LogP contribution is 2.28. The predicted molar refractivity (Wildman–Crippen MR) is 65.1 cm³/mol. The molecular formula is C12H13ClN2O2. The van der Waals surface area contributed by atoms with Crippen molar-refractivity contribution in [3.05, 3.63) is 28.3 Å². The van der Waals surface area contributed by atoms with Gasteiger partial charge in [0.1, 0.15) is 5.75 Å². The summed E-state index contributed by atoms with van der Waals surface area (Å²) in [6.07, 6.45) is 1.74. The van der Waals surface area contributed by atoms with E-state index in [-0.39, 0.29) is 5.56 Å². The summed E-state index contributed by atoms with van der Waals surface area (Å²) < 4.78 is 5.08. The first-order valence-corrected chi connectivity index (χ1v) is 5.51.